The fraction of sp³-hybridized carbons (Fsp3) is 0.800. The molecular formula is C10H17N3O. The summed E-state index contributed by atoms with van der Waals surface area (Å²) in [5, 5.41) is 17.2. The first-order valence-corrected chi connectivity index (χ1v) is 5.26. The number of nitrogens with zero attached hydrogens (tertiary/aromatic N) is 3. The number of hydrogen-bond acceptors (Lipinski definition) is 3. The van der Waals surface area contributed by atoms with Crippen molar-refractivity contribution < 1.29 is 5.11 Å². The molecule has 0 bridgehead atoms. The summed E-state index contributed by atoms with van der Waals surface area (Å²) >= 11 is 0. The van der Waals surface area contributed by atoms with Gasteiger partial charge in [0, 0.05) is 6.04 Å². The van der Waals surface area contributed by atoms with Gasteiger partial charge < -0.3 is 5.11 Å². The third kappa shape index (κ3) is 1.80. The number of aliphatic hydroxyl groups is 1. The van der Waals surface area contributed by atoms with Gasteiger partial charge in [0.1, 0.15) is 5.69 Å². The van der Waals surface area contributed by atoms with Crippen molar-refractivity contribution in [3.8, 4) is 0 Å². The molecule has 1 heterocycles. The van der Waals surface area contributed by atoms with E-state index in [-0.39, 0.29) is 6.61 Å². The van der Waals surface area contributed by atoms with Crippen LogP contribution in [-0.2, 0) is 13.0 Å². The molecule has 14 heavy (non-hydrogen) atoms. The van der Waals surface area contributed by atoms with Gasteiger partial charge in [0.25, 0.3) is 0 Å². The molecule has 0 atom stereocenters. The molecule has 1 aliphatic carbocycles. The van der Waals surface area contributed by atoms with Crippen molar-refractivity contribution in [1.29, 1.82) is 0 Å². The molecular weight excluding hydrogens is 178 g/mol. The lowest BCUT2D eigenvalue weighted by atomic mass is 10.1. The molecule has 1 aliphatic rings. The molecule has 0 spiro atoms. The molecule has 1 aromatic heterocycles. The van der Waals surface area contributed by atoms with Crippen molar-refractivity contribution in [2.45, 2.75) is 45.8 Å². The van der Waals surface area contributed by atoms with E-state index in [2.05, 4.69) is 24.2 Å². The van der Waals surface area contributed by atoms with Gasteiger partial charge >= 0.3 is 0 Å². The van der Waals surface area contributed by atoms with Gasteiger partial charge in [-0.1, -0.05) is 5.21 Å². The van der Waals surface area contributed by atoms with Crippen LogP contribution in [0.5, 0.6) is 0 Å². The SMILES string of the molecule is CC(C)n1nnc(CO)c1CC1CC1. The van der Waals surface area contributed by atoms with Crippen molar-refractivity contribution in [2.24, 2.45) is 5.92 Å². The van der Waals surface area contributed by atoms with E-state index >= 15 is 0 Å². The second-order valence-electron chi connectivity index (χ2n) is 4.33. The van der Waals surface area contributed by atoms with Crippen LogP contribution < -0.4 is 0 Å². The van der Waals surface area contributed by atoms with Crippen molar-refractivity contribution >= 4 is 0 Å². The zero-order valence-corrected chi connectivity index (χ0v) is 8.77. The normalized spacial score (nSPS) is 16.6. The van der Waals surface area contributed by atoms with Gasteiger partial charge in [-0.05, 0) is 39.0 Å². The molecule has 0 saturated heterocycles. The molecule has 0 unspecified atom stereocenters. The molecule has 0 aromatic carbocycles. The smallest absolute Gasteiger partial charge is 0.111 e. The number of rotatable bonds is 4. The Morgan fingerprint density at radius 3 is 2.71 bits per heavy atom. The molecule has 1 saturated carbocycles. The topological polar surface area (TPSA) is 50.9 Å². The summed E-state index contributed by atoms with van der Waals surface area (Å²) in [4.78, 5) is 0. The summed E-state index contributed by atoms with van der Waals surface area (Å²) in [5.74, 6) is 0.802. The molecule has 2 rings (SSSR count). The lowest BCUT2D eigenvalue weighted by Gasteiger charge is -2.09. The Labute approximate surface area is 83.9 Å². The monoisotopic (exact) mass is 195 g/mol. The largest absolute Gasteiger partial charge is 0.390 e. The second kappa shape index (κ2) is 3.69. The summed E-state index contributed by atoms with van der Waals surface area (Å²) in [6.07, 6.45) is 3.66. The van der Waals surface area contributed by atoms with Gasteiger partial charge in [-0.3, -0.25) is 0 Å². The standard InChI is InChI=1S/C10H17N3O/c1-7(2)13-10(5-8-3-4-8)9(6-14)11-12-13/h7-8,14H,3-6H2,1-2H3. The predicted octanol–water partition coefficient (Wildman–Crippen LogP) is 1.30. The van der Waals surface area contributed by atoms with Crippen LogP contribution in [-0.4, -0.2) is 20.1 Å². The highest BCUT2D eigenvalue weighted by molar-refractivity contribution is 5.12. The van der Waals surface area contributed by atoms with E-state index in [1.807, 2.05) is 4.68 Å². The Morgan fingerprint density at radius 2 is 2.21 bits per heavy atom. The first-order valence-electron chi connectivity index (χ1n) is 5.26. The lowest BCUT2D eigenvalue weighted by molar-refractivity contribution is 0.275. The van der Waals surface area contributed by atoms with E-state index in [0.29, 0.717) is 6.04 Å². The van der Waals surface area contributed by atoms with Gasteiger partial charge in [-0.15, -0.1) is 5.10 Å². The molecule has 1 aromatic rings. The van der Waals surface area contributed by atoms with Crippen LogP contribution in [0, 0.1) is 5.92 Å². The van der Waals surface area contributed by atoms with E-state index in [4.69, 9.17) is 5.11 Å². The van der Waals surface area contributed by atoms with Crippen LogP contribution in [0.1, 0.15) is 44.1 Å². The Bertz CT molecular complexity index is 315. The number of aromatic nitrogens is 3. The summed E-state index contributed by atoms with van der Waals surface area (Å²) in [5.41, 5.74) is 1.88. The summed E-state index contributed by atoms with van der Waals surface area (Å²) in [7, 11) is 0. The number of aliphatic hydroxyl groups excluding tert-OH is 1. The number of hydrogen-bond donors (Lipinski definition) is 1. The molecule has 0 radical (unpaired) electrons. The first kappa shape index (κ1) is 9.65. The highest BCUT2D eigenvalue weighted by Gasteiger charge is 2.26. The average Bonchev–Trinajstić information content (AvgIpc) is 2.84. The maximum Gasteiger partial charge on any atom is 0.111 e. The Hall–Kier alpha value is -0.900. The van der Waals surface area contributed by atoms with Crippen molar-refractivity contribution in [3.63, 3.8) is 0 Å². The average molecular weight is 195 g/mol. The molecule has 1 N–H and O–H groups in total. The Kier molecular flexibility index (Phi) is 2.54. The lowest BCUT2D eigenvalue weighted by Crippen LogP contribution is -2.09. The first-order chi connectivity index (χ1) is 6.72. The van der Waals surface area contributed by atoms with Crippen molar-refractivity contribution in [1.82, 2.24) is 15.0 Å². The Morgan fingerprint density at radius 1 is 1.50 bits per heavy atom. The van der Waals surface area contributed by atoms with E-state index in [0.717, 1.165) is 23.7 Å². The quantitative estimate of drug-likeness (QED) is 0.788. The Balaban J connectivity index is 2.24. The third-order valence-corrected chi connectivity index (χ3v) is 2.69. The zero-order chi connectivity index (χ0) is 10.1. The van der Waals surface area contributed by atoms with Gasteiger partial charge in [-0.25, -0.2) is 4.68 Å². The molecule has 4 nitrogen and oxygen atoms in total. The third-order valence-electron chi connectivity index (χ3n) is 2.69. The van der Waals surface area contributed by atoms with Gasteiger partial charge in [-0.2, -0.15) is 0 Å². The van der Waals surface area contributed by atoms with Gasteiger partial charge in [0.15, 0.2) is 0 Å². The van der Waals surface area contributed by atoms with E-state index in [1.54, 1.807) is 0 Å². The van der Waals surface area contributed by atoms with Crippen LogP contribution in [0.15, 0.2) is 0 Å². The summed E-state index contributed by atoms with van der Waals surface area (Å²) in [6.45, 7) is 4.19. The van der Waals surface area contributed by atoms with E-state index < -0.39 is 0 Å². The van der Waals surface area contributed by atoms with Crippen LogP contribution in [0.25, 0.3) is 0 Å². The van der Waals surface area contributed by atoms with E-state index in [1.165, 1.54) is 12.8 Å². The summed E-state index contributed by atoms with van der Waals surface area (Å²) in [6, 6.07) is 0.330. The molecule has 0 aliphatic heterocycles. The predicted molar refractivity (Wildman–Crippen MR) is 52.8 cm³/mol. The van der Waals surface area contributed by atoms with Crippen LogP contribution in [0.2, 0.25) is 0 Å². The van der Waals surface area contributed by atoms with E-state index in [9.17, 15) is 0 Å². The maximum absolute atomic E-state index is 9.13. The van der Waals surface area contributed by atoms with Gasteiger partial charge in [0.05, 0.1) is 12.3 Å². The van der Waals surface area contributed by atoms with Crippen LogP contribution in [0.3, 0.4) is 0 Å². The highest BCUT2D eigenvalue weighted by atomic mass is 16.3. The molecule has 78 valence electrons. The fourth-order valence-electron chi connectivity index (χ4n) is 1.69. The fourth-order valence-corrected chi connectivity index (χ4v) is 1.69. The zero-order valence-electron chi connectivity index (χ0n) is 8.77. The van der Waals surface area contributed by atoms with Crippen molar-refractivity contribution in [3.05, 3.63) is 11.4 Å². The minimum Gasteiger partial charge on any atom is -0.390 e. The van der Waals surface area contributed by atoms with Crippen LogP contribution >= 0.6 is 0 Å². The van der Waals surface area contributed by atoms with Crippen molar-refractivity contribution in [2.75, 3.05) is 0 Å². The minimum absolute atomic E-state index is 0.00870. The summed E-state index contributed by atoms with van der Waals surface area (Å²) < 4.78 is 1.93. The molecule has 1 fully saturated rings. The minimum atomic E-state index is 0.00870. The second-order valence-corrected chi connectivity index (χ2v) is 4.33. The van der Waals surface area contributed by atoms with Crippen LogP contribution in [0.4, 0.5) is 0 Å². The molecule has 4 heteroatoms. The van der Waals surface area contributed by atoms with Gasteiger partial charge in [0.2, 0.25) is 0 Å². The highest BCUT2D eigenvalue weighted by Crippen LogP contribution is 2.33. The molecule has 0 amide bonds. The maximum atomic E-state index is 9.13.